The van der Waals surface area contributed by atoms with Crippen LogP contribution in [0.2, 0.25) is 0 Å². The maximum absolute atomic E-state index is 11.9. The molecule has 0 radical (unpaired) electrons. The highest BCUT2D eigenvalue weighted by molar-refractivity contribution is 8.14. The van der Waals surface area contributed by atoms with Crippen molar-refractivity contribution >= 4 is 28.9 Å². The van der Waals surface area contributed by atoms with Crippen LogP contribution < -0.4 is 5.32 Å². The summed E-state index contributed by atoms with van der Waals surface area (Å²) in [6.45, 7) is 7.69. The fourth-order valence-electron chi connectivity index (χ4n) is 1.73. The van der Waals surface area contributed by atoms with Crippen LogP contribution in [0.1, 0.15) is 27.7 Å². The average Bonchev–Trinajstić information content (AvgIpc) is 2.85. The van der Waals surface area contributed by atoms with Gasteiger partial charge in [-0.25, -0.2) is 9.59 Å². The van der Waals surface area contributed by atoms with Gasteiger partial charge in [-0.2, -0.15) is 0 Å². The minimum absolute atomic E-state index is 0.251. The fourth-order valence-corrected chi connectivity index (χ4v) is 2.80. The number of nitrogens with one attached hydrogen (secondary N) is 1. The van der Waals surface area contributed by atoms with E-state index in [4.69, 9.17) is 14.2 Å². The molecule has 22 heavy (non-hydrogen) atoms. The van der Waals surface area contributed by atoms with Gasteiger partial charge in [0.1, 0.15) is 11.6 Å². The van der Waals surface area contributed by atoms with Crippen molar-refractivity contribution in [1.82, 2.24) is 5.32 Å². The lowest BCUT2D eigenvalue weighted by atomic mass is 10.2. The molecule has 1 aliphatic rings. The molecule has 0 unspecified atom stereocenters. The second-order valence-corrected chi connectivity index (χ2v) is 6.74. The first kappa shape index (κ1) is 18.8. The summed E-state index contributed by atoms with van der Waals surface area (Å²) in [5.41, 5.74) is -0.584. The van der Waals surface area contributed by atoms with E-state index in [1.54, 1.807) is 27.7 Å². The number of nitrogens with zero attached hydrogens (tertiary/aromatic N) is 1. The van der Waals surface area contributed by atoms with Gasteiger partial charge in [0.15, 0.2) is 6.04 Å². The Morgan fingerprint density at radius 3 is 2.68 bits per heavy atom. The van der Waals surface area contributed by atoms with E-state index in [0.29, 0.717) is 17.4 Å². The molecule has 8 heteroatoms. The van der Waals surface area contributed by atoms with Crippen molar-refractivity contribution in [2.45, 2.75) is 45.4 Å². The smallest absolute Gasteiger partial charge is 0.408 e. The number of methoxy groups -OCH3 is 1. The first-order valence-electron chi connectivity index (χ1n) is 7.12. The van der Waals surface area contributed by atoms with Gasteiger partial charge in [0.25, 0.3) is 0 Å². The lowest BCUT2D eigenvalue weighted by Gasteiger charge is -2.23. The van der Waals surface area contributed by atoms with Crippen molar-refractivity contribution in [1.29, 1.82) is 0 Å². The number of thioether (sulfide) groups is 1. The van der Waals surface area contributed by atoms with E-state index in [1.165, 1.54) is 18.9 Å². The second-order valence-electron chi connectivity index (χ2n) is 5.70. The molecule has 0 aromatic rings. The summed E-state index contributed by atoms with van der Waals surface area (Å²) in [7, 11) is 1.53. The largest absolute Gasteiger partial charge is 0.464 e. The maximum atomic E-state index is 11.9. The molecule has 0 aromatic heterocycles. The van der Waals surface area contributed by atoms with Gasteiger partial charge in [-0.15, -0.1) is 11.8 Å². The molecule has 1 aliphatic heterocycles. The molecule has 1 rings (SSSR count). The second kappa shape index (κ2) is 8.38. The minimum Gasteiger partial charge on any atom is -0.464 e. The van der Waals surface area contributed by atoms with Crippen LogP contribution in [0.15, 0.2) is 4.99 Å². The quantitative estimate of drug-likeness (QED) is 0.744. The van der Waals surface area contributed by atoms with Crippen molar-refractivity contribution in [3.05, 3.63) is 0 Å². The number of carbonyl (C=O) groups excluding carboxylic acids is 2. The van der Waals surface area contributed by atoms with Crippen molar-refractivity contribution in [2.24, 2.45) is 4.99 Å². The van der Waals surface area contributed by atoms with Gasteiger partial charge >= 0.3 is 12.1 Å². The van der Waals surface area contributed by atoms with Crippen LogP contribution in [0, 0.1) is 0 Å². The van der Waals surface area contributed by atoms with E-state index in [2.05, 4.69) is 10.3 Å². The van der Waals surface area contributed by atoms with E-state index in [-0.39, 0.29) is 12.6 Å². The zero-order valence-electron chi connectivity index (χ0n) is 13.7. The summed E-state index contributed by atoms with van der Waals surface area (Å²) in [6.07, 6.45) is -0.544. The highest BCUT2D eigenvalue weighted by Gasteiger charge is 2.31. The third kappa shape index (κ3) is 6.23. The number of carbonyl (C=O) groups is 2. The number of alkyl carbamates (subject to hydrolysis) is 1. The van der Waals surface area contributed by atoms with Crippen LogP contribution in [0.3, 0.4) is 0 Å². The van der Waals surface area contributed by atoms with E-state index in [0.717, 1.165) is 0 Å². The molecule has 0 fully saturated rings. The summed E-state index contributed by atoms with van der Waals surface area (Å²) < 4.78 is 15.3. The van der Waals surface area contributed by atoms with Crippen LogP contribution >= 0.6 is 11.8 Å². The third-order valence-electron chi connectivity index (χ3n) is 2.55. The summed E-state index contributed by atoms with van der Waals surface area (Å²) >= 11 is 1.41. The molecule has 7 nitrogen and oxygen atoms in total. The summed E-state index contributed by atoms with van der Waals surface area (Å²) in [4.78, 5) is 27.9. The molecular formula is C14H24N2O5S. The Morgan fingerprint density at radius 2 is 2.14 bits per heavy atom. The lowest BCUT2D eigenvalue weighted by molar-refractivity contribution is -0.143. The van der Waals surface area contributed by atoms with Crippen LogP contribution in [0.5, 0.6) is 0 Å². The molecule has 1 amide bonds. The SMILES string of the molecule is CCOC(=O)[C@@H]1CSC([C@H](COC)NC(=O)OC(C)(C)C)=N1. The van der Waals surface area contributed by atoms with E-state index in [1.807, 2.05) is 0 Å². The molecule has 0 spiro atoms. The number of ether oxygens (including phenoxy) is 3. The Hall–Kier alpha value is -1.28. The summed E-state index contributed by atoms with van der Waals surface area (Å²) in [5, 5.41) is 3.36. The Kier molecular flexibility index (Phi) is 7.15. The number of amides is 1. The Morgan fingerprint density at radius 1 is 1.45 bits per heavy atom. The number of esters is 1. The molecule has 0 aromatic carbocycles. The van der Waals surface area contributed by atoms with Gasteiger partial charge in [0, 0.05) is 12.9 Å². The van der Waals surface area contributed by atoms with Gasteiger partial charge in [-0.1, -0.05) is 0 Å². The molecule has 0 bridgehead atoms. The molecule has 126 valence electrons. The molecular weight excluding hydrogens is 308 g/mol. The van der Waals surface area contributed by atoms with Crippen molar-refractivity contribution < 1.29 is 23.8 Å². The van der Waals surface area contributed by atoms with E-state index in [9.17, 15) is 9.59 Å². The Bertz CT molecular complexity index is 433. The first-order valence-corrected chi connectivity index (χ1v) is 8.11. The van der Waals surface area contributed by atoms with Crippen molar-refractivity contribution in [3.63, 3.8) is 0 Å². The predicted molar refractivity (Wildman–Crippen MR) is 85.3 cm³/mol. The summed E-state index contributed by atoms with van der Waals surface area (Å²) in [5.74, 6) is 0.156. The van der Waals surface area contributed by atoms with Gasteiger partial charge in [0.2, 0.25) is 0 Å². The van der Waals surface area contributed by atoms with Crippen LogP contribution in [0.4, 0.5) is 4.79 Å². The highest BCUT2D eigenvalue weighted by atomic mass is 32.2. The topological polar surface area (TPSA) is 86.2 Å². The van der Waals surface area contributed by atoms with Crippen LogP contribution in [-0.4, -0.2) is 60.9 Å². The molecule has 1 N–H and O–H groups in total. The van der Waals surface area contributed by atoms with Gasteiger partial charge in [-0.3, -0.25) is 4.99 Å². The zero-order chi connectivity index (χ0) is 16.8. The van der Waals surface area contributed by atoms with Crippen LogP contribution in [-0.2, 0) is 19.0 Å². The van der Waals surface area contributed by atoms with Crippen molar-refractivity contribution in [3.8, 4) is 0 Å². The lowest BCUT2D eigenvalue weighted by Crippen LogP contribution is -2.44. The molecule has 0 saturated heterocycles. The Labute approximate surface area is 135 Å². The maximum Gasteiger partial charge on any atom is 0.408 e. The van der Waals surface area contributed by atoms with Gasteiger partial charge in [-0.05, 0) is 27.7 Å². The molecule has 0 aliphatic carbocycles. The predicted octanol–water partition coefficient (Wildman–Crippen LogP) is 1.60. The van der Waals surface area contributed by atoms with Gasteiger partial charge < -0.3 is 19.5 Å². The first-order chi connectivity index (χ1) is 10.3. The number of hydrogen-bond acceptors (Lipinski definition) is 7. The molecule has 1 heterocycles. The van der Waals surface area contributed by atoms with Gasteiger partial charge in [0.05, 0.1) is 18.3 Å². The van der Waals surface area contributed by atoms with Crippen molar-refractivity contribution in [2.75, 3.05) is 26.1 Å². The standard InChI is InChI=1S/C14H24N2O5S/c1-6-20-12(17)10-8-22-11(15-10)9(7-19-5)16-13(18)21-14(2,3)4/h9-10H,6-8H2,1-5H3,(H,16,18)/t9-,10-/m0/s1. The summed E-state index contributed by atoms with van der Waals surface area (Å²) in [6, 6.07) is -0.969. The normalized spacial score (nSPS) is 19.3. The number of aliphatic imine (C=N–C) groups is 1. The van der Waals surface area contributed by atoms with Crippen LogP contribution in [0.25, 0.3) is 0 Å². The van der Waals surface area contributed by atoms with E-state index >= 15 is 0 Å². The minimum atomic E-state index is -0.584. The fraction of sp³-hybridized carbons (Fsp3) is 0.786. The molecule has 2 atom stereocenters. The Balaban J connectivity index is 2.69. The monoisotopic (exact) mass is 332 g/mol. The highest BCUT2D eigenvalue weighted by Crippen LogP contribution is 2.22. The molecule has 0 saturated carbocycles. The number of hydrogen-bond donors (Lipinski definition) is 1. The van der Waals surface area contributed by atoms with E-state index < -0.39 is 23.8 Å². The third-order valence-corrected chi connectivity index (χ3v) is 3.72. The number of rotatable bonds is 6. The zero-order valence-corrected chi connectivity index (χ0v) is 14.5. The average molecular weight is 332 g/mol.